The average Bonchev–Trinajstić information content (AvgIpc) is 2.85. The molecular formula is C14H25N3O. The van der Waals surface area contributed by atoms with Crippen LogP contribution in [0.3, 0.4) is 0 Å². The Kier molecular flexibility index (Phi) is 4.75. The first-order chi connectivity index (χ1) is 8.72. The quantitative estimate of drug-likeness (QED) is 0.874. The Hall–Kier alpha value is -0.900. The minimum absolute atomic E-state index is 0.463. The minimum Gasteiger partial charge on any atom is -0.339 e. The van der Waals surface area contributed by atoms with Gasteiger partial charge >= 0.3 is 0 Å². The van der Waals surface area contributed by atoms with Crippen LogP contribution in [0.4, 0.5) is 0 Å². The van der Waals surface area contributed by atoms with E-state index >= 15 is 0 Å². The summed E-state index contributed by atoms with van der Waals surface area (Å²) >= 11 is 0. The van der Waals surface area contributed by atoms with Gasteiger partial charge < -0.3 is 10.3 Å². The van der Waals surface area contributed by atoms with Gasteiger partial charge in [0.2, 0.25) is 5.89 Å². The molecule has 0 amide bonds. The molecule has 1 saturated carbocycles. The van der Waals surface area contributed by atoms with Gasteiger partial charge in [0.1, 0.15) is 0 Å². The van der Waals surface area contributed by atoms with E-state index in [1.165, 1.54) is 25.7 Å². The van der Waals surface area contributed by atoms with Gasteiger partial charge in [-0.15, -0.1) is 0 Å². The molecule has 0 aromatic carbocycles. The highest BCUT2D eigenvalue weighted by Crippen LogP contribution is 2.34. The zero-order valence-electron chi connectivity index (χ0n) is 11.6. The Balaban J connectivity index is 1.93. The molecule has 1 atom stereocenters. The van der Waals surface area contributed by atoms with Crippen LogP contribution in [-0.2, 0) is 6.42 Å². The first-order valence-electron chi connectivity index (χ1n) is 7.25. The van der Waals surface area contributed by atoms with Gasteiger partial charge in [-0.05, 0) is 31.2 Å². The molecule has 1 fully saturated rings. The predicted octanol–water partition coefficient (Wildman–Crippen LogP) is 2.89. The first-order valence-corrected chi connectivity index (χ1v) is 7.25. The molecule has 1 aliphatic rings. The number of rotatable bonds is 5. The lowest BCUT2D eigenvalue weighted by molar-refractivity contribution is 0.319. The van der Waals surface area contributed by atoms with Crippen LogP contribution in [-0.4, -0.2) is 16.7 Å². The molecule has 2 N–H and O–H groups in total. The van der Waals surface area contributed by atoms with Crippen LogP contribution >= 0.6 is 0 Å². The zero-order chi connectivity index (χ0) is 13.0. The van der Waals surface area contributed by atoms with Gasteiger partial charge in [0.15, 0.2) is 5.82 Å². The SMILES string of the molecule is CCC(CN)Cc1nc(C2CCC(C)CC2)no1. The number of aromatic nitrogens is 2. The second-order valence-corrected chi connectivity index (χ2v) is 5.72. The molecule has 4 nitrogen and oxygen atoms in total. The van der Waals surface area contributed by atoms with E-state index in [0.29, 0.717) is 18.4 Å². The molecule has 0 bridgehead atoms. The lowest BCUT2D eigenvalue weighted by atomic mass is 9.83. The average molecular weight is 251 g/mol. The second-order valence-electron chi connectivity index (χ2n) is 5.72. The van der Waals surface area contributed by atoms with Crippen molar-refractivity contribution >= 4 is 0 Å². The van der Waals surface area contributed by atoms with Crippen molar-refractivity contribution in [3.63, 3.8) is 0 Å². The molecule has 1 aliphatic carbocycles. The van der Waals surface area contributed by atoms with Crippen LogP contribution in [0.1, 0.15) is 63.6 Å². The predicted molar refractivity (Wildman–Crippen MR) is 71.2 cm³/mol. The lowest BCUT2D eigenvalue weighted by Crippen LogP contribution is -2.16. The van der Waals surface area contributed by atoms with Gasteiger partial charge in [-0.1, -0.05) is 38.3 Å². The fraction of sp³-hybridized carbons (Fsp3) is 0.857. The van der Waals surface area contributed by atoms with E-state index < -0.39 is 0 Å². The third-order valence-corrected chi connectivity index (χ3v) is 4.24. The molecule has 1 aromatic heterocycles. The maximum absolute atomic E-state index is 5.71. The second kappa shape index (κ2) is 6.32. The largest absolute Gasteiger partial charge is 0.339 e. The molecule has 1 unspecified atom stereocenters. The molecular weight excluding hydrogens is 226 g/mol. The van der Waals surface area contributed by atoms with Gasteiger partial charge in [0.05, 0.1) is 0 Å². The number of nitrogens with zero attached hydrogens (tertiary/aromatic N) is 2. The summed E-state index contributed by atoms with van der Waals surface area (Å²) in [7, 11) is 0. The number of hydrogen-bond acceptors (Lipinski definition) is 4. The molecule has 2 rings (SSSR count). The maximum atomic E-state index is 5.71. The molecule has 0 saturated heterocycles. The van der Waals surface area contributed by atoms with Crippen molar-refractivity contribution in [3.8, 4) is 0 Å². The Morgan fingerprint density at radius 1 is 1.33 bits per heavy atom. The number of hydrogen-bond donors (Lipinski definition) is 1. The fourth-order valence-corrected chi connectivity index (χ4v) is 2.68. The zero-order valence-corrected chi connectivity index (χ0v) is 11.6. The van der Waals surface area contributed by atoms with Crippen LogP contribution in [0.2, 0.25) is 0 Å². The van der Waals surface area contributed by atoms with Crippen LogP contribution in [0.5, 0.6) is 0 Å². The summed E-state index contributed by atoms with van der Waals surface area (Å²) in [6.45, 7) is 5.16. The van der Waals surface area contributed by atoms with E-state index in [-0.39, 0.29) is 0 Å². The standard InChI is InChI=1S/C14H25N3O/c1-3-11(9-15)8-13-16-14(17-18-13)12-6-4-10(2)5-7-12/h10-12H,3-9,15H2,1-2H3. The van der Waals surface area contributed by atoms with Gasteiger partial charge in [-0.3, -0.25) is 0 Å². The summed E-state index contributed by atoms with van der Waals surface area (Å²) < 4.78 is 5.36. The molecule has 102 valence electrons. The van der Waals surface area contributed by atoms with E-state index in [1.807, 2.05) is 0 Å². The lowest BCUT2D eigenvalue weighted by Gasteiger charge is -2.23. The highest BCUT2D eigenvalue weighted by molar-refractivity contribution is 4.98. The van der Waals surface area contributed by atoms with Gasteiger partial charge in [-0.25, -0.2) is 0 Å². The Bertz CT molecular complexity index is 352. The van der Waals surface area contributed by atoms with E-state index in [9.17, 15) is 0 Å². The summed E-state index contributed by atoms with van der Waals surface area (Å²) in [5.41, 5.74) is 5.71. The molecule has 1 aromatic rings. The van der Waals surface area contributed by atoms with Crippen molar-refractivity contribution in [2.24, 2.45) is 17.6 Å². The molecule has 1 heterocycles. The highest BCUT2D eigenvalue weighted by Gasteiger charge is 2.24. The fourth-order valence-electron chi connectivity index (χ4n) is 2.68. The van der Waals surface area contributed by atoms with Crippen molar-refractivity contribution in [3.05, 3.63) is 11.7 Å². The summed E-state index contributed by atoms with van der Waals surface area (Å²) in [5.74, 6) is 3.51. The summed E-state index contributed by atoms with van der Waals surface area (Å²) in [6.07, 6.45) is 6.87. The third kappa shape index (κ3) is 3.31. The Labute approximate surface area is 109 Å². The molecule has 4 heteroatoms. The van der Waals surface area contributed by atoms with E-state index in [0.717, 1.165) is 30.5 Å². The monoisotopic (exact) mass is 251 g/mol. The molecule has 18 heavy (non-hydrogen) atoms. The molecule has 0 aliphatic heterocycles. The summed E-state index contributed by atoms with van der Waals surface area (Å²) in [4.78, 5) is 4.56. The molecule has 0 spiro atoms. The van der Waals surface area contributed by atoms with Crippen LogP contribution in [0.25, 0.3) is 0 Å². The van der Waals surface area contributed by atoms with Crippen molar-refractivity contribution in [2.75, 3.05) is 6.54 Å². The van der Waals surface area contributed by atoms with Crippen molar-refractivity contribution < 1.29 is 4.52 Å². The topological polar surface area (TPSA) is 64.9 Å². The highest BCUT2D eigenvalue weighted by atomic mass is 16.5. The maximum Gasteiger partial charge on any atom is 0.226 e. The van der Waals surface area contributed by atoms with Gasteiger partial charge in [0.25, 0.3) is 0 Å². The van der Waals surface area contributed by atoms with Crippen LogP contribution in [0.15, 0.2) is 4.52 Å². The van der Waals surface area contributed by atoms with E-state index in [1.54, 1.807) is 0 Å². The minimum atomic E-state index is 0.463. The Morgan fingerprint density at radius 2 is 2.06 bits per heavy atom. The van der Waals surface area contributed by atoms with Gasteiger partial charge in [-0.2, -0.15) is 4.98 Å². The summed E-state index contributed by atoms with van der Waals surface area (Å²) in [6, 6.07) is 0. The normalized spacial score (nSPS) is 26.2. The smallest absolute Gasteiger partial charge is 0.226 e. The Morgan fingerprint density at radius 3 is 2.67 bits per heavy atom. The third-order valence-electron chi connectivity index (χ3n) is 4.24. The molecule has 0 radical (unpaired) electrons. The number of nitrogens with two attached hydrogens (primary N) is 1. The van der Waals surface area contributed by atoms with Crippen LogP contribution < -0.4 is 5.73 Å². The van der Waals surface area contributed by atoms with Crippen molar-refractivity contribution in [2.45, 2.75) is 58.3 Å². The van der Waals surface area contributed by atoms with Crippen molar-refractivity contribution in [1.82, 2.24) is 10.1 Å². The van der Waals surface area contributed by atoms with Crippen LogP contribution in [0, 0.1) is 11.8 Å². The van der Waals surface area contributed by atoms with E-state index in [4.69, 9.17) is 10.3 Å². The van der Waals surface area contributed by atoms with Gasteiger partial charge in [0, 0.05) is 12.3 Å². The van der Waals surface area contributed by atoms with E-state index in [2.05, 4.69) is 24.0 Å². The summed E-state index contributed by atoms with van der Waals surface area (Å²) in [5, 5.41) is 4.16. The first kappa shape index (κ1) is 13.5. The van der Waals surface area contributed by atoms with Crippen molar-refractivity contribution in [1.29, 1.82) is 0 Å².